The normalized spacial score (nSPS) is 22.6. The van der Waals surface area contributed by atoms with Gasteiger partial charge in [0.25, 0.3) is 0 Å². The summed E-state index contributed by atoms with van der Waals surface area (Å²) in [6.07, 6.45) is 3.93. The van der Waals surface area contributed by atoms with Gasteiger partial charge in [0.05, 0.1) is 6.61 Å². The standard InChI is InChI=1S/C16H25NO/c1-3-11-17-12-14-7-10-16(14)13-5-8-15(9-6-13)18-4-2/h5-6,8-9,14,16-17H,3-4,7,10-12H2,1-2H3. The largest absolute Gasteiger partial charge is 0.494 e. The van der Waals surface area contributed by atoms with Crippen LogP contribution in [0.25, 0.3) is 0 Å². The topological polar surface area (TPSA) is 21.3 Å². The van der Waals surface area contributed by atoms with E-state index in [1.807, 2.05) is 6.92 Å². The van der Waals surface area contributed by atoms with Crippen LogP contribution in [0.5, 0.6) is 5.75 Å². The van der Waals surface area contributed by atoms with Crippen molar-refractivity contribution in [2.75, 3.05) is 19.7 Å². The maximum absolute atomic E-state index is 5.49. The van der Waals surface area contributed by atoms with Gasteiger partial charge in [-0.2, -0.15) is 0 Å². The summed E-state index contributed by atoms with van der Waals surface area (Å²) in [4.78, 5) is 0. The Balaban J connectivity index is 1.87. The van der Waals surface area contributed by atoms with Crippen LogP contribution in [0.3, 0.4) is 0 Å². The minimum Gasteiger partial charge on any atom is -0.494 e. The molecule has 18 heavy (non-hydrogen) atoms. The van der Waals surface area contributed by atoms with Crippen molar-refractivity contribution in [3.8, 4) is 5.75 Å². The minimum absolute atomic E-state index is 0.742. The van der Waals surface area contributed by atoms with Crippen LogP contribution in [-0.4, -0.2) is 19.7 Å². The van der Waals surface area contributed by atoms with Gasteiger partial charge in [-0.05, 0) is 68.8 Å². The fourth-order valence-electron chi connectivity index (χ4n) is 2.69. The third-order valence-electron chi connectivity index (χ3n) is 3.87. The molecule has 2 atom stereocenters. The smallest absolute Gasteiger partial charge is 0.119 e. The van der Waals surface area contributed by atoms with Crippen LogP contribution in [0.4, 0.5) is 0 Å². The molecule has 0 radical (unpaired) electrons. The quantitative estimate of drug-likeness (QED) is 0.744. The Morgan fingerprint density at radius 2 is 1.94 bits per heavy atom. The molecule has 2 rings (SSSR count). The van der Waals surface area contributed by atoms with Crippen LogP contribution in [0.1, 0.15) is 44.6 Å². The molecule has 1 fully saturated rings. The summed E-state index contributed by atoms with van der Waals surface area (Å²) in [6, 6.07) is 8.69. The van der Waals surface area contributed by atoms with Crippen molar-refractivity contribution in [3.63, 3.8) is 0 Å². The van der Waals surface area contributed by atoms with E-state index >= 15 is 0 Å². The van der Waals surface area contributed by atoms with Gasteiger partial charge in [0.2, 0.25) is 0 Å². The molecular weight excluding hydrogens is 222 g/mol. The molecule has 1 aliphatic carbocycles. The Labute approximate surface area is 111 Å². The summed E-state index contributed by atoms with van der Waals surface area (Å²) in [7, 11) is 0. The van der Waals surface area contributed by atoms with Crippen molar-refractivity contribution >= 4 is 0 Å². The predicted octanol–water partition coefficient (Wildman–Crippen LogP) is 3.58. The number of rotatable bonds is 7. The molecule has 0 amide bonds. The monoisotopic (exact) mass is 247 g/mol. The zero-order valence-electron chi connectivity index (χ0n) is 11.6. The van der Waals surface area contributed by atoms with Crippen LogP contribution < -0.4 is 10.1 Å². The van der Waals surface area contributed by atoms with Gasteiger partial charge in [-0.3, -0.25) is 0 Å². The van der Waals surface area contributed by atoms with E-state index in [1.54, 1.807) is 0 Å². The van der Waals surface area contributed by atoms with Gasteiger partial charge in [-0.25, -0.2) is 0 Å². The van der Waals surface area contributed by atoms with E-state index in [0.717, 1.165) is 30.7 Å². The van der Waals surface area contributed by atoms with Gasteiger partial charge in [0, 0.05) is 0 Å². The van der Waals surface area contributed by atoms with Gasteiger partial charge >= 0.3 is 0 Å². The molecule has 1 aromatic rings. The zero-order chi connectivity index (χ0) is 12.8. The Kier molecular flexibility index (Phi) is 5.06. The molecule has 0 spiro atoms. The summed E-state index contributed by atoms with van der Waals surface area (Å²) in [5.41, 5.74) is 1.48. The molecule has 2 heteroatoms. The molecule has 100 valence electrons. The molecule has 1 saturated carbocycles. The lowest BCUT2D eigenvalue weighted by Gasteiger charge is -2.37. The fourth-order valence-corrected chi connectivity index (χ4v) is 2.69. The molecular formula is C16H25NO. The number of hydrogen-bond acceptors (Lipinski definition) is 2. The molecule has 1 aromatic carbocycles. The van der Waals surface area contributed by atoms with Crippen LogP contribution in [0.15, 0.2) is 24.3 Å². The first kappa shape index (κ1) is 13.4. The Morgan fingerprint density at radius 1 is 1.17 bits per heavy atom. The van der Waals surface area contributed by atoms with Gasteiger partial charge in [-0.1, -0.05) is 19.1 Å². The lowest BCUT2D eigenvalue weighted by Crippen LogP contribution is -2.34. The fraction of sp³-hybridized carbons (Fsp3) is 0.625. The van der Waals surface area contributed by atoms with E-state index in [0.29, 0.717) is 0 Å². The van der Waals surface area contributed by atoms with Crippen molar-refractivity contribution < 1.29 is 4.74 Å². The molecule has 0 aliphatic heterocycles. The van der Waals surface area contributed by atoms with Crippen molar-refractivity contribution in [1.82, 2.24) is 5.32 Å². The van der Waals surface area contributed by atoms with Crippen LogP contribution in [0, 0.1) is 5.92 Å². The number of nitrogens with one attached hydrogen (secondary N) is 1. The van der Waals surface area contributed by atoms with Crippen LogP contribution >= 0.6 is 0 Å². The third kappa shape index (κ3) is 3.26. The second-order valence-corrected chi connectivity index (χ2v) is 5.15. The second kappa shape index (κ2) is 6.79. The summed E-state index contributed by atoms with van der Waals surface area (Å²) >= 11 is 0. The molecule has 0 aromatic heterocycles. The van der Waals surface area contributed by atoms with E-state index in [1.165, 1.54) is 31.4 Å². The Hall–Kier alpha value is -1.02. The van der Waals surface area contributed by atoms with Crippen LogP contribution in [0.2, 0.25) is 0 Å². The molecule has 2 nitrogen and oxygen atoms in total. The molecule has 2 unspecified atom stereocenters. The summed E-state index contributed by atoms with van der Waals surface area (Å²) in [6.45, 7) is 7.30. The first-order chi connectivity index (χ1) is 8.85. The molecule has 1 N–H and O–H groups in total. The molecule has 0 saturated heterocycles. The van der Waals surface area contributed by atoms with Gasteiger partial charge < -0.3 is 10.1 Å². The van der Waals surface area contributed by atoms with E-state index in [-0.39, 0.29) is 0 Å². The van der Waals surface area contributed by atoms with E-state index in [4.69, 9.17) is 4.74 Å². The van der Waals surface area contributed by atoms with Crippen molar-refractivity contribution in [1.29, 1.82) is 0 Å². The van der Waals surface area contributed by atoms with E-state index < -0.39 is 0 Å². The number of benzene rings is 1. The molecule has 0 bridgehead atoms. The first-order valence-corrected chi connectivity index (χ1v) is 7.28. The highest BCUT2D eigenvalue weighted by Gasteiger charge is 2.31. The highest BCUT2D eigenvalue weighted by molar-refractivity contribution is 5.31. The van der Waals surface area contributed by atoms with Gasteiger partial charge in [-0.15, -0.1) is 0 Å². The molecule has 1 aliphatic rings. The SMILES string of the molecule is CCCNCC1CCC1c1ccc(OCC)cc1. The van der Waals surface area contributed by atoms with Crippen LogP contribution in [-0.2, 0) is 0 Å². The maximum atomic E-state index is 5.49. The number of ether oxygens (including phenoxy) is 1. The number of hydrogen-bond donors (Lipinski definition) is 1. The summed E-state index contributed by atoms with van der Waals surface area (Å²) in [5.74, 6) is 2.57. The van der Waals surface area contributed by atoms with Crippen molar-refractivity contribution in [2.45, 2.75) is 39.0 Å². The average molecular weight is 247 g/mol. The first-order valence-electron chi connectivity index (χ1n) is 7.28. The Morgan fingerprint density at radius 3 is 2.50 bits per heavy atom. The van der Waals surface area contributed by atoms with Crippen molar-refractivity contribution in [3.05, 3.63) is 29.8 Å². The zero-order valence-corrected chi connectivity index (χ0v) is 11.6. The highest BCUT2D eigenvalue weighted by Crippen LogP contribution is 2.42. The van der Waals surface area contributed by atoms with Gasteiger partial charge in [0.1, 0.15) is 5.75 Å². The third-order valence-corrected chi connectivity index (χ3v) is 3.87. The van der Waals surface area contributed by atoms with E-state index in [2.05, 4.69) is 36.5 Å². The summed E-state index contributed by atoms with van der Waals surface area (Å²) in [5, 5.41) is 3.54. The highest BCUT2D eigenvalue weighted by atomic mass is 16.5. The molecule has 0 heterocycles. The predicted molar refractivity (Wildman–Crippen MR) is 76.2 cm³/mol. The maximum Gasteiger partial charge on any atom is 0.119 e. The average Bonchev–Trinajstić information content (AvgIpc) is 2.36. The van der Waals surface area contributed by atoms with E-state index in [9.17, 15) is 0 Å². The lowest BCUT2D eigenvalue weighted by molar-refractivity contribution is 0.246. The lowest BCUT2D eigenvalue weighted by atomic mass is 9.70. The second-order valence-electron chi connectivity index (χ2n) is 5.15. The minimum atomic E-state index is 0.742. The van der Waals surface area contributed by atoms with Crippen molar-refractivity contribution in [2.24, 2.45) is 5.92 Å². The summed E-state index contributed by atoms with van der Waals surface area (Å²) < 4.78 is 5.49. The Bertz CT molecular complexity index is 347. The van der Waals surface area contributed by atoms with Gasteiger partial charge in [0.15, 0.2) is 0 Å².